The normalized spacial score (nSPS) is 11.3. The molecule has 1 N–H and O–H groups in total. The summed E-state index contributed by atoms with van der Waals surface area (Å²) in [5.74, 6) is -0.461. The van der Waals surface area contributed by atoms with Crippen LogP contribution in [0, 0.1) is 12.7 Å². The molecule has 0 bridgehead atoms. The predicted octanol–water partition coefficient (Wildman–Crippen LogP) is 3.70. The number of sulfonamides is 1. The first-order valence-electron chi connectivity index (χ1n) is 5.43. The lowest BCUT2D eigenvalue weighted by molar-refractivity contribution is 0.598. The van der Waals surface area contributed by atoms with Crippen LogP contribution in [0.1, 0.15) is 5.56 Å². The van der Waals surface area contributed by atoms with Crippen molar-refractivity contribution in [2.24, 2.45) is 0 Å². The molecule has 0 unspecified atom stereocenters. The lowest BCUT2D eigenvalue weighted by Crippen LogP contribution is -2.14. The van der Waals surface area contributed by atoms with Crippen LogP contribution in [0.15, 0.2) is 51.8 Å². The van der Waals surface area contributed by atoms with Crippen molar-refractivity contribution in [2.75, 3.05) is 4.72 Å². The van der Waals surface area contributed by atoms with Crippen molar-refractivity contribution in [1.82, 2.24) is 0 Å². The number of anilines is 1. The van der Waals surface area contributed by atoms with E-state index in [0.717, 1.165) is 6.07 Å². The van der Waals surface area contributed by atoms with E-state index < -0.39 is 15.8 Å². The van der Waals surface area contributed by atoms with Crippen molar-refractivity contribution in [3.63, 3.8) is 0 Å². The molecule has 2 aromatic carbocycles. The van der Waals surface area contributed by atoms with Crippen molar-refractivity contribution < 1.29 is 12.8 Å². The molecule has 0 aliphatic heterocycles. The number of nitrogens with one attached hydrogen (secondary N) is 1. The Morgan fingerprint density at radius 2 is 1.84 bits per heavy atom. The molecule has 0 spiro atoms. The van der Waals surface area contributed by atoms with Crippen molar-refractivity contribution in [2.45, 2.75) is 11.8 Å². The van der Waals surface area contributed by atoms with Crippen LogP contribution in [0.4, 0.5) is 10.1 Å². The maximum absolute atomic E-state index is 13.0. The van der Waals surface area contributed by atoms with Gasteiger partial charge in [-0.3, -0.25) is 4.72 Å². The lowest BCUT2D eigenvalue weighted by atomic mass is 10.2. The maximum Gasteiger partial charge on any atom is 0.262 e. The van der Waals surface area contributed by atoms with Crippen LogP contribution in [0.25, 0.3) is 0 Å². The number of halogens is 2. The highest BCUT2D eigenvalue weighted by Gasteiger charge is 2.18. The van der Waals surface area contributed by atoms with Crippen LogP contribution in [-0.2, 0) is 10.0 Å². The van der Waals surface area contributed by atoms with E-state index in [1.54, 1.807) is 31.2 Å². The van der Waals surface area contributed by atoms with Crippen LogP contribution in [-0.4, -0.2) is 8.42 Å². The zero-order valence-corrected chi connectivity index (χ0v) is 12.4. The van der Waals surface area contributed by atoms with E-state index in [2.05, 4.69) is 20.7 Å². The molecule has 0 fully saturated rings. The van der Waals surface area contributed by atoms with Crippen molar-refractivity contribution in [1.29, 1.82) is 0 Å². The van der Waals surface area contributed by atoms with E-state index in [1.165, 1.54) is 12.1 Å². The second-order valence-corrected chi connectivity index (χ2v) is 6.50. The average molecular weight is 344 g/mol. The highest BCUT2D eigenvalue weighted by atomic mass is 79.9. The summed E-state index contributed by atoms with van der Waals surface area (Å²) in [4.78, 5) is 0.0599. The summed E-state index contributed by atoms with van der Waals surface area (Å²) in [6.45, 7) is 1.55. The lowest BCUT2D eigenvalue weighted by Gasteiger charge is -2.11. The molecule has 0 atom stereocenters. The SMILES string of the molecule is Cc1cc(F)ccc1S(=O)(=O)Nc1ccccc1Br. The first kappa shape index (κ1) is 14.0. The fourth-order valence-electron chi connectivity index (χ4n) is 1.66. The van der Waals surface area contributed by atoms with Gasteiger partial charge in [0.05, 0.1) is 10.6 Å². The third kappa shape index (κ3) is 3.13. The number of benzene rings is 2. The highest BCUT2D eigenvalue weighted by molar-refractivity contribution is 9.10. The van der Waals surface area contributed by atoms with Gasteiger partial charge in [0, 0.05) is 4.47 Å². The molecular formula is C13H11BrFNO2S. The quantitative estimate of drug-likeness (QED) is 0.923. The van der Waals surface area contributed by atoms with Crippen LogP contribution in [0.2, 0.25) is 0 Å². The molecule has 3 nitrogen and oxygen atoms in total. The van der Waals surface area contributed by atoms with Gasteiger partial charge in [-0.15, -0.1) is 0 Å². The minimum atomic E-state index is -3.73. The summed E-state index contributed by atoms with van der Waals surface area (Å²) < 4.78 is 40.6. The van der Waals surface area contributed by atoms with E-state index >= 15 is 0 Å². The van der Waals surface area contributed by atoms with Crippen molar-refractivity contribution in [3.8, 4) is 0 Å². The van der Waals surface area contributed by atoms with Gasteiger partial charge in [0.15, 0.2) is 0 Å². The van der Waals surface area contributed by atoms with E-state index in [4.69, 9.17) is 0 Å². The molecule has 0 saturated carbocycles. The molecular weight excluding hydrogens is 333 g/mol. The molecule has 0 aliphatic rings. The summed E-state index contributed by atoms with van der Waals surface area (Å²) in [6, 6.07) is 10.4. The Bertz CT molecular complexity index is 716. The topological polar surface area (TPSA) is 46.2 Å². The minimum absolute atomic E-state index is 0.0599. The number of aryl methyl sites for hydroxylation is 1. The van der Waals surface area contributed by atoms with Crippen LogP contribution in [0.5, 0.6) is 0 Å². The fraction of sp³-hybridized carbons (Fsp3) is 0.0769. The molecule has 19 heavy (non-hydrogen) atoms. The first-order chi connectivity index (χ1) is 8.90. The highest BCUT2D eigenvalue weighted by Crippen LogP contribution is 2.25. The number of rotatable bonds is 3. The van der Waals surface area contributed by atoms with E-state index in [9.17, 15) is 12.8 Å². The van der Waals surface area contributed by atoms with Gasteiger partial charge in [0.1, 0.15) is 5.82 Å². The summed E-state index contributed by atoms with van der Waals surface area (Å²) in [6.07, 6.45) is 0. The summed E-state index contributed by atoms with van der Waals surface area (Å²) >= 11 is 3.26. The van der Waals surface area contributed by atoms with Crippen LogP contribution < -0.4 is 4.72 Å². The third-order valence-corrected chi connectivity index (χ3v) is 4.76. The maximum atomic E-state index is 13.0. The van der Waals surface area contributed by atoms with Gasteiger partial charge in [-0.25, -0.2) is 12.8 Å². The smallest absolute Gasteiger partial charge is 0.262 e. The molecule has 0 amide bonds. The Kier molecular flexibility index (Phi) is 3.91. The van der Waals surface area contributed by atoms with E-state index in [0.29, 0.717) is 15.7 Å². The third-order valence-electron chi connectivity index (χ3n) is 2.54. The molecule has 0 radical (unpaired) electrons. The molecule has 0 saturated heterocycles. The first-order valence-corrected chi connectivity index (χ1v) is 7.71. The Balaban J connectivity index is 2.41. The second kappa shape index (κ2) is 5.30. The van der Waals surface area contributed by atoms with Crippen molar-refractivity contribution >= 4 is 31.6 Å². The van der Waals surface area contributed by atoms with Crippen LogP contribution >= 0.6 is 15.9 Å². The predicted molar refractivity (Wildman–Crippen MR) is 76.1 cm³/mol. The molecule has 100 valence electrons. The number of hydrogen-bond acceptors (Lipinski definition) is 2. The van der Waals surface area contributed by atoms with Gasteiger partial charge in [0.2, 0.25) is 0 Å². The van der Waals surface area contributed by atoms with Crippen molar-refractivity contribution in [3.05, 3.63) is 58.3 Å². The molecule has 0 aromatic heterocycles. The summed E-state index contributed by atoms with van der Waals surface area (Å²) in [7, 11) is -3.73. The number of hydrogen-bond donors (Lipinski definition) is 1. The Morgan fingerprint density at radius 3 is 2.47 bits per heavy atom. The van der Waals surface area contributed by atoms with Gasteiger partial charge >= 0.3 is 0 Å². The van der Waals surface area contributed by atoms with Gasteiger partial charge in [0.25, 0.3) is 10.0 Å². The zero-order chi connectivity index (χ0) is 14.0. The molecule has 2 rings (SSSR count). The summed E-state index contributed by atoms with van der Waals surface area (Å²) in [5.41, 5.74) is 0.797. The Labute approximate surface area is 119 Å². The van der Waals surface area contributed by atoms with Crippen LogP contribution in [0.3, 0.4) is 0 Å². The Morgan fingerprint density at radius 1 is 1.16 bits per heavy atom. The molecule has 2 aromatic rings. The van der Waals surface area contributed by atoms with Gasteiger partial charge < -0.3 is 0 Å². The average Bonchev–Trinajstić information content (AvgIpc) is 2.31. The van der Waals surface area contributed by atoms with Gasteiger partial charge in [-0.2, -0.15) is 0 Å². The van der Waals surface area contributed by atoms with E-state index in [1.807, 2.05) is 0 Å². The van der Waals surface area contributed by atoms with E-state index in [-0.39, 0.29) is 4.90 Å². The second-order valence-electron chi connectivity index (χ2n) is 4.00. The summed E-state index contributed by atoms with van der Waals surface area (Å²) in [5, 5.41) is 0. The van der Waals surface area contributed by atoms with Gasteiger partial charge in [-0.05, 0) is 58.7 Å². The van der Waals surface area contributed by atoms with Gasteiger partial charge in [-0.1, -0.05) is 12.1 Å². The standard InChI is InChI=1S/C13H11BrFNO2S/c1-9-8-10(15)6-7-13(9)19(17,18)16-12-5-3-2-4-11(12)14/h2-8,16H,1H3. The molecule has 0 aliphatic carbocycles. The molecule has 6 heteroatoms. The largest absolute Gasteiger partial charge is 0.278 e. The fourth-order valence-corrected chi connectivity index (χ4v) is 3.48. The zero-order valence-electron chi connectivity index (χ0n) is 10.0. The Hall–Kier alpha value is -1.40. The molecule has 0 heterocycles. The monoisotopic (exact) mass is 343 g/mol. The number of para-hydroxylation sites is 1. The minimum Gasteiger partial charge on any atom is -0.278 e.